The Morgan fingerprint density at radius 3 is 2.60 bits per heavy atom. The molecule has 1 unspecified atom stereocenters. The highest BCUT2D eigenvalue weighted by Crippen LogP contribution is 2.43. The lowest BCUT2D eigenvalue weighted by atomic mass is 10.1. The molecule has 0 amide bonds. The van der Waals surface area contributed by atoms with Crippen LogP contribution in [0.2, 0.25) is 10.0 Å². The predicted octanol–water partition coefficient (Wildman–Crippen LogP) is 6.61. The van der Waals surface area contributed by atoms with Crippen molar-refractivity contribution in [3.8, 4) is 5.75 Å². The van der Waals surface area contributed by atoms with Crippen LogP contribution >= 0.6 is 57.5 Å². The van der Waals surface area contributed by atoms with Crippen molar-refractivity contribution < 1.29 is 4.74 Å². The van der Waals surface area contributed by atoms with E-state index in [0.717, 1.165) is 10.4 Å². The lowest BCUT2D eigenvalue weighted by molar-refractivity contribution is 0.415. The fourth-order valence-electron chi connectivity index (χ4n) is 1.96. The summed E-state index contributed by atoms with van der Waals surface area (Å²) < 4.78 is 7.63. The van der Waals surface area contributed by atoms with E-state index >= 15 is 0 Å². The first kappa shape index (κ1) is 14.5. The fraction of sp³-hybridized carbons (Fsp3) is 0.143. The highest BCUT2D eigenvalue weighted by molar-refractivity contribution is 7.27. The molecule has 0 radical (unpaired) electrons. The van der Waals surface area contributed by atoms with Crippen molar-refractivity contribution in [3.63, 3.8) is 0 Å². The average Bonchev–Trinajstić information content (AvgIpc) is 3.01. The molecule has 1 aromatic carbocycles. The second-order valence-electron chi connectivity index (χ2n) is 4.17. The zero-order valence-corrected chi connectivity index (χ0v) is 14.2. The van der Waals surface area contributed by atoms with Crippen LogP contribution < -0.4 is 4.74 Å². The maximum atomic E-state index is 6.56. The van der Waals surface area contributed by atoms with Gasteiger partial charge in [-0.3, -0.25) is 0 Å². The van der Waals surface area contributed by atoms with Gasteiger partial charge in [-0.1, -0.05) is 23.2 Å². The molecule has 0 fully saturated rings. The zero-order chi connectivity index (χ0) is 14.3. The van der Waals surface area contributed by atoms with Crippen molar-refractivity contribution in [1.82, 2.24) is 0 Å². The van der Waals surface area contributed by atoms with Gasteiger partial charge >= 0.3 is 0 Å². The molecule has 20 heavy (non-hydrogen) atoms. The van der Waals surface area contributed by atoms with Crippen molar-refractivity contribution in [2.45, 2.75) is 5.38 Å². The van der Waals surface area contributed by atoms with E-state index in [0.29, 0.717) is 15.8 Å². The summed E-state index contributed by atoms with van der Waals surface area (Å²) >= 11 is 22.4. The molecule has 0 saturated carbocycles. The van der Waals surface area contributed by atoms with E-state index in [1.54, 1.807) is 41.9 Å². The van der Waals surface area contributed by atoms with Crippen LogP contribution in [-0.4, -0.2) is 7.11 Å². The molecule has 2 heterocycles. The standard InChI is InChI=1S/C14H9Cl3OS2/c1-18-10-5-8(15)7(4-9(10)16)14(17)13-6-12-11(20-13)2-3-19-12/h2-6,14H,1H3. The molecule has 0 spiro atoms. The monoisotopic (exact) mass is 362 g/mol. The smallest absolute Gasteiger partial charge is 0.138 e. The third-order valence-corrected chi connectivity index (χ3v) is 6.33. The number of hydrogen-bond donors (Lipinski definition) is 0. The van der Waals surface area contributed by atoms with Crippen LogP contribution in [0.1, 0.15) is 15.8 Å². The number of benzene rings is 1. The van der Waals surface area contributed by atoms with Gasteiger partial charge in [-0.2, -0.15) is 0 Å². The highest BCUT2D eigenvalue weighted by Gasteiger charge is 2.19. The van der Waals surface area contributed by atoms with Crippen LogP contribution in [0, 0.1) is 0 Å². The molecule has 0 aliphatic rings. The molecular formula is C14H9Cl3OS2. The van der Waals surface area contributed by atoms with Gasteiger partial charge in [0, 0.05) is 25.4 Å². The van der Waals surface area contributed by atoms with Crippen molar-refractivity contribution in [3.05, 3.63) is 50.1 Å². The van der Waals surface area contributed by atoms with E-state index < -0.39 is 0 Å². The number of rotatable bonds is 3. The Balaban J connectivity index is 2.03. The lowest BCUT2D eigenvalue weighted by Crippen LogP contribution is -1.94. The molecule has 6 heteroatoms. The second kappa shape index (κ2) is 5.74. The average molecular weight is 364 g/mol. The Morgan fingerprint density at radius 2 is 1.90 bits per heavy atom. The lowest BCUT2D eigenvalue weighted by Gasteiger charge is -2.12. The van der Waals surface area contributed by atoms with Gasteiger partial charge in [-0.25, -0.2) is 0 Å². The number of thiophene rings is 2. The first-order valence-electron chi connectivity index (χ1n) is 5.74. The normalized spacial score (nSPS) is 12.8. The van der Waals surface area contributed by atoms with E-state index in [9.17, 15) is 0 Å². The highest BCUT2D eigenvalue weighted by atomic mass is 35.5. The minimum absolute atomic E-state index is 0.310. The first-order chi connectivity index (χ1) is 9.60. The summed E-state index contributed by atoms with van der Waals surface area (Å²) in [6.07, 6.45) is 0. The molecule has 3 aromatic rings. The van der Waals surface area contributed by atoms with Gasteiger partial charge in [-0.15, -0.1) is 34.3 Å². The number of hydrogen-bond acceptors (Lipinski definition) is 3. The number of methoxy groups -OCH3 is 1. The Hall–Kier alpha value is -0.450. The summed E-state index contributed by atoms with van der Waals surface area (Å²) in [6.45, 7) is 0. The number of fused-ring (bicyclic) bond motifs is 1. The molecule has 1 atom stereocenters. The SMILES string of the molecule is COc1cc(Cl)c(C(Cl)c2cc3sccc3s2)cc1Cl. The maximum absolute atomic E-state index is 6.56. The number of alkyl halides is 1. The van der Waals surface area contributed by atoms with Crippen LogP contribution in [0.15, 0.2) is 29.6 Å². The molecular weight excluding hydrogens is 355 g/mol. The Labute approximate surface area is 139 Å². The van der Waals surface area contributed by atoms with Crippen LogP contribution in [-0.2, 0) is 0 Å². The topological polar surface area (TPSA) is 9.23 Å². The summed E-state index contributed by atoms with van der Waals surface area (Å²) in [5, 5.41) is 2.83. The van der Waals surface area contributed by atoms with Crippen molar-refractivity contribution in [1.29, 1.82) is 0 Å². The summed E-state index contributed by atoms with van der Waals surface area (Å²) in [4.78, 5) is 1.07. The van der Waals surface area contributed by atoms with Crippen molar-refractivity contribution >= 4 is 66.9 Å². The van der Waals surface area contributed by atoms with Gasteiger partial charge in [0.2, 0.25) is 0 Å². The van der Waals surface area contributed by atoms with E-state index in [1.165, 1.54) is 9.40 Å². The van der Waals surface area contributed by atoms with E-state index in [2.05, 4.69) is 17.5 Å². The van der Waals surface area contributed by atoms with Gasteiger partial charge in [0.1, 0.15) is 5.75 Å². The third kappa shape index (κ3) is 2.53. The molecule has 104 valence electrons. The largest absolute Gasteiger partial charge is 0.495 e. The summed E-state index contributed by atoms with van der Waals surface area (Å²) in [5.41, 5.74) is 0.799. The summed E-state index contributed by atoms with van der Waals surface area (Å²) in [5.74, 6) is 0.552. The molecule has 0 N–H and O–H groups in total. The van der Waals surface area contributed by atoms with Gasteiger partial charge in [-0.05, 0) is 29.1 Å². The van der Waals surface area contributed by atoms with E-state index in [1.807, 2.05) is 0 Å². The maximum Gasteiger partial charge on any atom is 0.138 e. The minimum Gasteiger partial charge on any atom is -0.495 e. The van der Waals surface area contributed by atoms with E-state index in [-0.39, 0.29) is 5.38 Å². The summed E-state index contributed by atoms with van der Waals surface area (Å²) in [7, 11) is 1.56. The molecule has 0 saturated heterocycles. The molecule has 1 nitrogen and oxygen atoms in total. The van der Waals surface area contributed by atoms with Gasteiger partial charge < -0.3 is 4.74 Å². The third-order valence-electron chi connectivity index (χ3n) is 2.95. The minimum atomic E-state index is -0.310. The van der Waals surface area contributed by atoms with Crippen LogP contribution in [0.3, 0.4) is 0 Å². The molecule has 0 aliphatic heterocycles. The second-order valence-corrected chi connectivity index (χ2v) is 7.48. The zero-order valence-electron chi connectivity index (χ0n) is 10.3. The van der Waals surface area contributed by atoms with Crippen LogP contribution in [0.25, 0.3) is 9.40 Å². The number of ether oxygens (including phenoxy) is 1. The quantitative estimate of drug-likeness (QED) is 0.476. The van der Waals surface area contributed by atoms with Crippen LogP contribution in [0.4, 0.5) is 0 Å². The molecule has 2 aromatic heterocycles. The van der Waals surface area contributed by atoms with Crippen molar-refractivity contribution in [2.24, 2.45) is 0 Å². The first-order valence-corrected chi connectivity index (χ1v) is 8.63. The van der Waals surface area contributed by atoms with Gasteiger partial charge in [0.15, 0.2) is 0 Å². The van der Waals surface area contributed by atoms with Gasteiger partial charge in [0.05, 0.1) is 17.5 Å². The summed E-state index contributed by atoms with van der Waals surface area (Å²) in [6, 6.07) is 7.68. The fourth-order valence-corrected chi connectivity index (χ4v) is 5.02. The van der Waals surface area contributed by atoms with Crippen LogP contribution in [0.5, 0.6) is 5.75 Å². The van der Waals surface area contributed by atoms with E-state index in [4.69, 9.17) is 39.5 Å². The van der Waals surface area contributed by atoms with Gasteiger partial charge in [0.25, 0.3) is 0 Å². The Kier molecular flexibility index (Phi) is 4.16. The molecule has 3 rings (SSSR count). The molecule has 0 aliphatic carbocycles. The predicted molar refractivity (Wildman–Crippen MR) is 90.4 cm³/mol. The van der Waals surface area contributed by atoms with Crippen molar-refractivity contribution in [2.75, 3.05) is 7.11 Å². The Morgan fingerprint density at radius 1 is 1.10 bits per heavy atom. The molecule has 0 bridgehead atoms. The Bertz CT molecular complexity index is 734. The number of halogens is 3.